The Morgan fingerprint density at radius 1 is 1.21 bits per heavy atom. The smallest absolute Gasteiger partial charge is 0.321 e. The number of Topliss-reactive ketones (excluding diaryl/α,β-unsaturated/α-hetero) is 1. The minimum Gasteiger partial charge on any atom is -0.379 e. The van der Waals surface area contributed by atoms with Crippen molar-refractivity contribution in [2.24, 2.45) is 11.8 Å². The Balaban J connectivity index is 1.42. The van der Waals surface area contributed by atoms with Gasteiger partial charge in [0.15, 0.2) is 5.78 Å². The van der Waals surface area contributed by atoms with E-state index in [-0.39, 0.29) is 11.8 Å². The molecule has 1 heterocycles. The summed E-state index contributed by atoms with van der Waals surface area (Å²) in [5.74, 6) is 1.38. The molecule has 24 heavy (non-hydrogen) atoms. The molecule has 1 aromatic rings. The van der Waals surface area contributed by atoms with Crippen molar-refractivity contribution < 1.29 is 14.3 Å². The van der Waals surface area contributed by atoms with E-state index >= 15 is 0 Å². The second kappa shape index (κ2) is 6.55. The van der Waals surface area contributed by atoms with Gasteiger partial charge in [-0.05, 0) is 36.1 Å². The number of nitrogens with zero attached hydrogens (tertiary/aromatic N) is 1. The summed E-state index contributed by atoms with van der Waals surface area (Å²) in [4.78, 5) is 26.2. The number of rotatable bonds is 2. The first kappa shape index (κ1) is 15.6. The fraction of sp³-hybridized carbons (Fsp3) is 0.579. The van der Waals surface area contributed by atoms with E-state index < -0.39 is 0 Å². The van der Waals surface area contributed by atoms with Gasteiger partial charge in [0.2, 0.25) is 0 Å². The summed E-state index contributed by atoms with van der Waals surface area (Å²) >= 11 is 0. The summed E-state index contributed by atoms with van der Waals surface area (Å²) in [6.07, 6.45) is 5.20. The number of ketones is 1. The van der Waals surface area contributed by atoms with Crippen molar-refractivity contribution in [1.82, 2.24) is 4.90 Å². The number of ether oxygens (including phenoxy) is 1. The minimum absolute atomic E-state index is 0.0610. The zero-order valence-corrected chi connectivity index (χ0v) is 13.9. The van der Waals surface area contributed by atoms with Crippen LogP contribution < -0.4 is 5.32 Å². The zero-order chi connectivity index (χ0) is 16.5. The molecule has 1 saturated carbocycles. The number of carbonyl (C=O) groups excluding carboxylic acids is 2. The zero-order valence-electron chi connectivity index (χ0n) is 13.9. The molecule has 0 spiro atoms. The molecule has 1 N–H and O–H groups in total. The summed E-state index contributed by atoms with van der Waals surface area (Å²) in [7, 11) is 0. The maximum Gasteiger partial charge on any atom is 0.321 e. The van der Waals surface area contributed by atoms with Gasteiger partial charge in [0.25, 0.3) is 0 Å². The molecule has 0 radical (unpaired) electrons. The molecule has 2 aliphatic carbocycles. The third kappa shape index (κ3) is 3.05. The molecule has 3 aliphatic rings. The van der Waals surface area contributed by atoms with Crippen LogP contribution in [-0.2, 0) is 11.2 Å². The van der Waals surface area contributed by atoms with Gasteiger partial charge < -0.3 is 15.0 Å². The highest BCUT2D eigenvalue weighted by Crippen LogP contribution is 2.35. The lowest BCUT2D eigenvalue weighted by Gasteiger charge is -2.34. The topological polar surface area (TPSA) is 58.6 Å². The van der Waals surface area contributed by atoms with E-state index in [1.54, 1.807) is 0 Å². The van der Waals surface area contributed by atoms with Crippen LogP contribution >= 0.6 is 0 Å². The molecule has 0 aromatic heterocycles. The number of nitrogens with one attached hydrogen (secondary N) is 1. The normalized spacial score (nSPS) is 24.2. The molecular formula is C19H24N2O3. The Bertz CT molecular complexity index is 654. The molecule has 2 fully saturated rings. The lowest BCUT2D eigenvalue weighted by Crippen LogP contribution is -2.41. The molecule has 1 unspecified atom stereocenters. The average molecular weight is 328 g/mol. The fourth-order valence-corrected chi connectivity index (χ4v) is 3.95. The van der Waals surface area contributed by atoms with Crippen LogP contribution in [0.15, 0.2) is 18.2 Å². The van der Waals surface area contributed by atoms with Gasteiger partial charge in [-0.15, -0.1) is 0 Å². The lowest BCUT2D eigenvalue weighted by molar-refractivity contribution is 0.0776. The first-order valence-corrected chi connectivity index (χ1v) is 9.00. The summed E-state index contributed by atoms with van der Waals surface area (Å²) in [6, 6.07) is 5.55. The predicted molar refractivity (Wildman–Crippen MR) is 91.3 cm³/mol. The van der Waals surface area contributed by atoms with Crippen LogP contribution in [0.3, 0.4) is 0 Å². The van der Waals surface area contributed by atoms with Crippen LogP contribution in [0, 0.1) is 11.8 Å². The monoisotopic (exact) mass is 328 g/mol. The quantitative estimate of drug-likeness (QED) is 0.907. The van der Waals surface area contributed by atoms with E-state index in [4.69, 9.17) is 4.74 Å². The first-order chi connectivity index (χ1) is 11.7. The van der Waals surface area contributed by atoms with E-state index in [1.807, 2.05) is 23.1 Å². The molecular weight excluding hydrogens is 304 g/mol. The Morgan fingerprint density at radius 3 is 2.88 bits per heavy atom. The summed E-state index contributed by atoms with van der Waals surface area (Å²) in [6.45, 7) is 2.79. The Hall–Kier alpha value is -1.88. The maximum absolute atomic E-state index is 12.7. The maximum atomic E-state index is 12.7. The first-order valence-electron chi connectivity index (χ1n) is 9.00. The van der Waals surface area contributed by atoms with Crippen molar-refractivity contribution in [3.05, 3.63) is 29.3 Å². The van der Waals surface area contributed by atoms with Gasteiger partial charge in [0, 0.05) is 36.7 Å². The van der Waals surface area contributed by atoms with Crippen molar-refractivity contribution in [3.8, 4) is 0 Å². The van der Waals surface area contributed by atoms with E-state index in [0.717, 1.165) is 36.4 Å². The standard InChI is InChI=1S/C19H24N2O3/c22-18-7-4-14-10-16(5-6-17(14)18)20-19(23)21-8-9-24-12-15(11-21)13-2-1-3-13/h5-6,10,13,15H,1-4,7-9,11-12H2,(H,20,23). The molecule has 2 amide bonds. The summed E-state index contributed by atoms with van der Waals surface area (Å²) in [5.41, 5.74) is 2.63. The lowest BCUT2D eigenvalue weighted by atomic mass is 9.76. The third-order valence-electron chi connectivity index (χ3n) is 5.67. The predicted octanol–water partition coefficient (Wildman–Crippen LogP) is 3.10. The van der Waals surface area contributed by atoms with Crippen LogP contribution in [0.25, 0.3) is 0 Å². The summed E-state index contributed by atoms with van der Waals surface area (Å²) in [5, 5.41) is 3.00. The average Bonchev–Trinajstić information content (AvgIpc) is 2.74. The van der Waals surface area contributed by atoms with Gasteiger partial charge in [-0.25, -0.2) is 4.79 Å². The number of urea groups is 1. The van der Waals surface area contributed by atoms with E-state index in [2.05, 4.69) is 5.32 Å². The molecule has 4 rings (SSSR count). The number of amides is 2. The van der Waals surface area contributed by atoms with Crippen LogP contribution in [0.2, 0.25) is 0 Å². The van der Waals surface area contributed by atoms with Gasteiger partial charge in [-0.2, -0.15) is 0 Å². The number of carbonyl (C=O) groups is 2. The van der Waals surface area contributed by atoms with Crippen molar-refractivity contribution in [1.29, 1.82) is 0 Å². The number of benzene rings is 1. The van der Waals surface area contributed by atoms with Crippen LogP contribution in [0.4, 0.5) is 10.5 Å². The summed E-state index contributed by atoms with van der Waals surface area (Å²) < 4.78 is 5.71. The van der Waals surface area contributed by atoms with Crippen molar-refractivity contribution in [2.45, 2.75) is 32.1 Å². The molecule has 5 heteroatoms. The molecule has 1 atom stereocenters. The third-order valence-corrected chi connectivity index (χ3v) is 5.67. The van der Waals surface area contributed by atoms with Crippen LogP contribution in [-0.4, -0.2) is 43.0 Å². The number of anilines is 1. The van der Waals surface area contributed by atoms with Crippen LogP contribution in [0.1, 0.15) is 41.6 Å². The fourth-order valence-electron chi connectivity index (χ4n) is 3.95. The molecule has 128 valence electrons. The molecule has 5 nitrogen and oxygen atoms in total. The highest BCUT2D eigenvalue weighted by atomic mass is 16.5. The Kier molecular flexibility index (Phi) is 4.27. The Morgan fingerprint density at radius 2 is 2.08 bits per heavy atom. The SMILES string of the molecule is O=C1CCc2cc(NC(=O)N3CCOCC(C4CCC4)C3)ccc21. The molecule has 1 saturated heterocycles. The second-order valence-electron chi connectivity index (χ2n) is 7.20. The van der Waals surface area contributed by atoms with Crippen molar-refractivity contribution in [2.75, 3.05) is 31.6 Å². The van der Waals surface area contributed by atoms with Gasteiger partial charge in [-0.1, -0.05) is 19.3 Å². The Labute approximate surface area is 142 Å². The molecule has 1 aromatic carbocycles. The molecule has 0 bridgehead atoms. The number of hydrogen-bond acceptors (Lipinski definition) is 3. The largest absolute Gasteiger partial charge is 0.379 e. The van der Waals surface area contributed by atoms with Crippen LogP contribution in [0.5, 0.6) is 0 Å². The van der Waals surface area contributed by atoms with Gasteiger partial charge >= 0.3 is 6.03 Å². The number of aryl methyl sites for hydroxylation is 1. The van der Waals surface area contributed by atoms with Crippen molar-refractivity contribution >= 4 is 17.5 Å². The number of fused-ring (bicyclic) bond motifs is 1. The van der Waals surface area contributed by atoms with Crippen molar-refractivity contribution in [3.63, 3.8) is 0 Å². The highest BCUT2D eigenvalue weighted by molar-refractivity contribution is 6.01. The second-order valence-corrected chi connectivity index (χ2v) is 7.20. The number of hydrogen-bond donors (Lipinski definition) is 1. The van der Waals surface area contributed by atoms with E-state index in [0.29, 0.717) is 31.4 Å². The van der Waals surface area contributed by atoms with Gasteiger partial charge in [-0.3, -0.25) is 4.79 Å². The minimum atomic E-state index is -0.0610. The van der Waals surface area contributed by atoms with E-state index in [1.165, 1.54) is 19.3 Å². The molecule has 1 aliphatic heterocycles. The highest BCUT2D eigenvalue weighted by Gasteiger charge is 2.32. The van der Waals surface area contributed by atoms with Gasteiger partial charge in [0.1, 0.15) is 0 Å². The van der Waals surface area contributed by atoms with E-state index in [9.17, 15) is 9.59 Å². The van der Waals surface area contributed by atoms with Gasteiger partial charge in [0.05, 0.1) is 13.2 Å².